The van der Waals surface area contributed by atoms with Gasteiger partial charge in [-0.3, -0.25) is 23.7 Å². The Morgan fingerprint density at radius 2 is 0.754 bits per heavy atom. The Balaban J connectivity index is 0. The molecule has 13 heteroatoms. The van der Waals surface area contributed by atoms with Gasteiger partial charge in [0, 0.05) is 42.4 Å². The quantitative estimate of drug-likeness (QED) is 0.0235. The average molecular weight is 840 g/mol. The molecule has 57 heavy (non-hydrogen) atoms. The Kier molecular flexibility index (Phi) is 43.6. The van der Waals surface area contributed by atoms with E-state index in [4.69, 9.17) is 9.47 Å². The van der Waals surface area contributed by atoms with Crippen LogP contribution in [0, 0.1) is 0 Å². The van der Waals surface area contributed by atoms with E-state index in [-0.39, 0.29) is 67.7 Å². The van der Waals surface area contributed by atoms with E-state index in [1.165, 1.54) is 154 Å². The van der Waals surface area contributed by atoms with E-state index in [1.54, 1.807) is 0 Å². The number of carbonyl (C=O) groups is 4. The van der Waals surface area contributed by atoms with Gasteiger partial charge in [0.25, 0.3) is 10.1 Å². The predicted molar refractivity (Wildman–Crippen MR) is 233 cm³/mol. The third kappa shape index (κ3) is 41.3. The van der Waals surface area contributed by atoms with Crippen molar-refractivity contribution in [3.05, 3.63) is 0 Å². The molecular formula is C44H84N2NaO9S. The Bertz CT molecular complexity index is 1080. The number of nitrogens with one attached hydrogen (secondary N) is 2. The first-order valence-electron chi connectivity index (χ1n) is 22.9. The third-order valence-corrected chi connectivity index (χ3v) is 11.4. The van der Waals surface area contributed by atoms with Gasteiger partial charge in [-0.05, 0) is 12.8 Å². The second-order valence-corrected chi connectivity index (χ2v) is 17.3. The molecule has 0 aromatic rings. The van der Waals surface area contributed by atoms with Gasteiger partial charge in [-0.25, -0.2) is 0 Å². The normalized spacial score (nSPS) is 11.8. The Hall–Kier alpha value is -1.21. The maximum Gasteiger partial charge on any atom is 0.327 e. The first-order chi connectivity index (χ1) is 27.1. The van der Waals surface area contributed by atoms with E-state index >= 15 is 0 Å². The van der Waals surface area contributed by atoms with Crippen molar-refractivity contribution in [3.8, 4) is 0 Å². The van der Waals surface area contributed by atoms with Gasteiger partial charge in [0.1, 0.15) is 13.2 Å². The number of rotatable bonds is 42. The summed E-state index contributed by atoms with van der Waals surface area (Å²) in [7, 11) is -4.95. The largest absolute Gasteiger partial charge is 0.464 e. The molecule has 0 aliphatic carbocycles. The Morgan fingerprint density at radius 1 is 0.474 bits per heavy atom. The maximum atomic E-state index is 12.4. The summed E-state index contributed by atoms with van der Waals surface area (Å²) in [5.41, 5.74) is 0. The zero-order chi connectivity index (χ0) is 41.4. The minimum Gasteiger partial charge on any atom is -0.464 e. The molecule has 0 rings (SSSR count). The summed E-state index contributed by atoms with van der Waals surface area (Å²) in [6.07, 6.45) is 37.1. The summed E-state index contributed by atoms with van der Waals surface area (Å²) in [5.74, 6) is -2.68. The van der Waals surface area contributed by atoms with Crippen molar-refractivity contribution in [2.45, 2.75) is 231 Å². The summed E-state index contributed by atoms with van der Waals surface area (Å²) in [6.45, 7) is 4.00. The predicted octanol–water partition coefficient (Wildman–Crippen LogP) is 10.1. The van der Waals surface area contributed by atoms with Crippen LogP contribution in [-0.4, -0.2) is 97.8 Å². The van der Waals surface area contributed by atoms with Crippen molar-refractivity contribution in [1.82, 2.24) is 10.6 Å². The van der Waals surface area contributed by atoms with E-state index in [2.05, 4.69) is 24.5 Å². The number of hydrogen-bond donors (Lipinski definition) is 3. The number of hydrogen-bond acceptors (Lipinski definition) is 8. The molecule has 331 valence electrons. The van der Waals surface area contributed by atoms with Crippen LogP contribution in [0.2, 0.25) is 0 Å². The van der Waals surface area contributed by atoms with Gasteiger partial charge in [0.2, 0.25) is 11.8 Å². The molecule has 0 fully saturated rings. The van der Waals surface area contributed by atoms with Crippen LogP contribution in [0.15, 0.2) is 0 Å². The Labute approximate surface area is 370 Å². The maximum absolute atomic E-state index is 12.4. The Morgan fingerprint density at radius 3 is 1.05 bits per heavy atom. The molecule has 11 nitrogen and oxygen atoms in total. The SMILES string of the molecule is CCCCCCCCCCCCCCCCCC(=O)NCCOC(=O)CC(C(=O)OCCNC(=O)CCCCCCCCCCCCCCCCC)S(=O)(=O)O.[Na]. The molecule has 0 aliphatic rings. The van der Waals surface area contributed by atoms with Crippen molar-refractivity contribution < 1.29 is 41.6 Å². The minimum atomic E-state index is -4.95. The zero-order valence-corrected chi connectivity index (χ0v) is 39.7. The van der Waals surface area contributed by atoms with Crippen LogP contribution in [0.1, 0.15) is 226 Å². The minimum absolute atomic E-state index is 0. The summed E-state index contributed by atoms with van der Waals surface area (Å²) >= 11 is 0. The van der Waals surface area contributed by atoms with Crippen LogP contribution in [0.3, 0.4) is 0 Å². The molecule has 0 spiro atoms. The molecule has 1 unspecified atom stereocenters. The van der Waals surface area contributed by atoms with Crippen LogP contribution in [0.5, 0.6) is 0 Å². The van der Waals surface area contributed by atoms with Crippen LogP contribution in [0.4, 0.5) is 0 Å². The van der Waals surface area contributed by atoms with E-state index < -0.39 is 33.7 Å². The van der Waals surface area contributed by atoms with Crippen molar-refractivity contribution in [2.24, 2.45) is 0 Å². The fourth-order valence-electron chi connectivity index (χ4n) is 6.80. The van der Waals surface area contributed by atoms with Gasteiger partial charge in [-0.2, -0.15) is 8.42 Å². The second kappa shape index (κ2) is 42.9. The zero-order valence-electron chi connectivity index (χ0n) is 36.9. The van der Waals surface area contributed by atoms with Crippen molar-refractivity contribution >= 4 is 63.4 Å². The van der Waals surface area contributed by atoms with E-state index in [0.29, 0.717) is 12.8 Å². The summed E-state index contributed by atoms with van der Waals surface area (Å²) in [5, 5.41) is 3.15. The molecule has 0 bridgehead atoms. The van der Waals surface area contributed by atoms with Gasteiger partial charge in [-0.15, -0.1) is 0 Å². The molecule has 1 atom stereocenters. The van der Waals surface area contributed by atoms with E-state index in [1.807, 2.05) is 0 Å². The molecule has 0 saturated heterocycles. The number of ether oxygens (including phenoxy) is 2. The average Bonchev–Trinajstić information content (AvgIpc) is 3.16. The van der Waals surface area contributed by atoms with Crippen LogP contribution >= 0.6 is 0 Å². The molecular weight excluding hydrogens is 756 g/mol. The topological polar surface area (TPSA) is 165 Å². The first kappa shape index (κ1) is 57.9. The summed E-state index contributed by atoms with van der Waals surface area (Å²) in [4.78, 5) is 48.8. The van der Waals surface area contributed by atoms with Crippen LogP contribution < -0.4 is 10.6 Å². The van der Waals surface area contributed by atoms with E-state index in [9.17, 15) is 32.1 Å². The molecule has 0 aromatic heterocycles. The van der Waals surface area contributed by atoms with Gasteiger partial charge in [0.15, 0.2) is 5.25 Å². The van der Waals surface area contributed by atoms with Crippen LogP contribution in [0.25, 0.3) is 0 Å². The monoisotopic (exact) mass is 840 g/mol. The van der Waals surface area contributed by atoms with Gasteiger partial charge in [0.05, 0.1) is 19.5 Å². The fourth-order valence-corrected chi connectivity index (χ4v) is 7.46. The smallest absolute Gasteiger partial charge is 0.327 e. The standard InChI is InChI=1S/C44H84N2O9S.Na/c1-3-5-7-9-11-13-15-17-19-21-23-25-27-29-31-33-41(47)45-35-37-54-43(49)39-40(56(51,52)53)44(50)55-38-36-46-42(48)34-32-30-28-26-24-22-20-18-16-14-12-10-8-6-4-2;/h40H,3-39H2,1-2H3,(H,45,47)(H,46,48)(H,51,52,53);. The molecule has 2 amide bonds. The van der Waals surface area contributed by atoms with E-state index in [0.717, 1.165) is 38.5 Å². The fraction of sp³-hybridized carbons (Fsp3) is 0.909. The molecule has 0 aliphatic heterocycles. The van der Waals surface area contributed by atoms with Crippen molar-refractivity contribution in [1.29, 1.82) is 0 Å². The molecule has 0 aromatic carbocycles. The van der Waals surface area contributed by atoms with Crippen molar-refractivity contribution in [2.75, 3.05) is 26.3 Å². The third-order valence-electron chi connectivity index (χ3n) is 10.3. The summed E-state index contributed by atoms with van der Waals surface area (Å²) < 4.78 is 43.0. The first-order valence-corrected chi connectivity index (χ1v) is 24.4. The van der Waals surface area contributed by atoms with Gasteiger partial charge in [-0.1, -0.05) is 194 Å². The number of carbonyl (C=O) groups excluding carboxylic acids is 4. The molecule has 3 N–H and O–H groups in total. The molecule has 0 heterocycles. The number of unbranched alkanes of at least 4 members (excludes halogenated alkanes) is 28. The molecule has 1 radical (unpaired) electrons. The van der Waals surface area contributed by atoms with Gasteiger partial charge < -0.3 is 20.1 Å². The summed E-state index contributed by atoms with van der Waals surface area (Å²) in [6, 6.07) is 0. The number of esters is 2. The van der Waals surface area contributed by atoms with Crippen LogP contribution in [-0.2, 0) is 38.8 Å². The van der Waals surface area contributed by atoms with Gasteiger partial charge >= 0.3 is 11.9 Å². The second-order valence-electron chi connectivity index (χ2n) is 15.7. The van der Waals surface area contributed by atoms with Crippen molar-refractivity contribution in [3.63, 3.8) is 0 Å². The molecule has 0 saturated carbocycles. The number of amides is 2.